The molecule has 0 unspecified atom stereocenters. The van der Waals surface area contributed by atoms with E-state index < -0.39 is 5.60 Å². The molecular weight excluding hydrogens is 285 g/mol. The summed E-state index contributed by atoms with van der Waals surface area (Å²) in [6, 6.07) is 3.37. The van der Waals surface area contributed by atoms with Crippen molar-refractivity contribution in [1.29, 1.82) is 0 Å². The Kier molecular flexibility index (Phi) is 3.97. The Hall–Kier alpha value is -1.79. The van der Waals surface area contributed by atoms with Crippen LogP contribution in [0.25, 0.3) is 10.8 Å². The zero-order valence-corrected chi connectivity index (χ0v) is 13.1. The average Bonchev–Trinajstić information content (AvgIpc) is 2.56. The molecule has 2 heterocycles. The van der Waals surface area contributed by atoms with Crippen LogP contribution in [-0.2, 0) is 15.1 Å². The monoisotopic (exact) mass is 305 g/mol. The third-order valence-corrected chi connectivity index (χ3v) is 4.47. The zero-order valence-electron chi connectivity index (χ0n) is 13.1. The van der Waals surface area contributed by atoms with Crippen molar-refractivity contribution in [2.75, 3.05) is 32.7 Å². The van der Waals surface area contributed by atoms with Gasteiger partial charge in [-0.05, 0) is 19.1 Å². The summed E-state index contributed by atoms with van der Waals surface area (Å²) in [6.45, 7) is 2.96. The first kappa shape index (κ1) is 15.1. The third kappa shape index (κ3) is 2.32. The second-order valence-corrected chi connectivity index (χ2v) is 5.57. The highest BCUT2D eigenvalue weighted by atomic mass is 19.1. The Morgan fingerprint density at radius 3 is 2.59 bits per heavy atom. The number of methoxy groups -OCH3 is 1. The highest BCUT2D eigenvalue weighted by Crippen LogP contribution is 2.39. The summed E-state index contributed by atoms with van der Waals surface area (Å²) in [4.78, 5) is 0. The highest BCUT2D eigenvalue weighted by Gasteiger charge is 2.37. The van der Waals surface area contributed by atoms with Gasteiger partial charge in [-0.25, -0.2) is 4.39 Å². The molecule has 0 spiro atoms. The van der Waals surface area contributed by atoms with Gasteiger partial charge in [-0.3, -0.25) is 0 Å². The van der Waals surface area contributed by atoms with Gasteiger partial charge < -0.3 is 14.8 Å². The normalized spacial score (nSPS) is 17.6. The number of rotatable bonds is 3. The third-order valence-electron chi connectivity index (χ3n) is 4.47. The highest BCUT2D eigenvalue weighted by molar-refractivity contribution is 5.93. The van der Waals surface area contributed by atoms with Gasteiger partial charge in [0.25, 0.3) is 0 Å². The lowest BCUT2D eigenvalue weighted by atomic mass is 9.84. The summed E-state index contributed by atoms with van der Waals surface area (Å²) in [6.07, 6.45) is 1.27. The fourth-order valence-electron chi connectivity index (χ4n) is 3.12. The molecule has 0 amide bonds. The van der Waals surface area contributed by atoms with Gasteiger partial charge >= 0.3 is 0 Å². The minimum atomic E-state index is -0.640. The first-order valence-corrected chi connectivity index (χ1v) is 7.39. The van der Waals surface area contributed by atoms with E-state index in [1.165, 1.54) is 6.07 Å². The largest absolute Gasteiger partial charge is 0.381 e. The van der Waals surface area contributed by atoms with Crippen LogP contribution in [0.4, 0.5) is 10.2 Å². The molecule has 1 aromatic heterocycles. The summed E-state index contributed by atoms with van der Waals surface area (Å²) in [7, 11) is 3.41. The van der Waals surface area contributed by atoms with E-state index in [-0.39, 0.29) is 5.82 Å². The first-order chi connectivity index (χ1) is 10.6. The van der Waals surface area contributed by atoms with Crippen molar-refractivity contribution in [1.82, 2.24) is 10.2 Å². The van der Waals surface area contributed by atoms with Crippen LogP contribution in [0.1, 0.15) is 24.1 Å². The molecule has 1 aliphatic rings. The molecule has 1 aliphatic heterocycles. The van der Waals surface area contributed by atoms with Crippen molar-refractivity contribution in [3.63, 3.8) is 0 Å². The van der Waals surface area contributed by atoms with Gasteiger partial charge in [0.15, 0.2) is 5.82 Å². The fraction of sp³-hybridized carbons (Fsp3) is 0.500. The van der Waals surface area contributed by atoms with Crippen molar-refractivity contribution in [2.45, 2.75) is 25.4 Å². The number of nitrogens with zero attached hydrogens (tertiary/aromatic N) is 2. The van der Waals surface area contributed by atoms with E-state index in [9.17, 15) is 4.39 Å². The molecule has 6 heteroatoms. The summed E-state index contributed by atoms with van der Waals surface area (Å²) in [5, 5.41) is 12.8. The molecule has 0 radical (unpaired) electrons. The maximum absolute atomic E-state index is 14.8. The summed E-state index contributed by atoms with van der Waals surface area (Å²) < 4.78 is 25.9. The van der Waals surface area contributed by atoms with E-state index in [1.807, 2.05) is 13.0 Å². The zero-order chi connectivity index (χ0) is 15.7. The Labute approximate surface area is 128 Å². The van der Waals surface area contributed by atoms with Gasteiger partial charge in [-0.15, -0.1) is 5.10 Å². The number of anilines is 1. The van der Waals surface area contributed by atoms with Crippen LogP contribution < -0.4 is 5.32 Å². The lowest BCUT2D eigenvalue weighted by Gasteiger charge is -2.36. The minimum absolute atomic E-state index is 0.269. The van der Waals surface area contributed by atoms with Crippen LogP contribution in [-0.4, -0.2) is 37.6 Å². The molecule has 0 bridgehead atoms. The summed E-state index contributed by atoms with van der Waals surface area (Å²) in [5.74, 6) is 0.370. The number of hydrogen-bond donors (Lipinski definition) is 1. The van der Waals surface area contributed by atoms with Crippen molar-refractivity contribution in [3.8, 4) is 0 Å². The van der Waals surface area contributed by atoms with Crippen molar-refractivity contribution in [3.05, 3.63) is 29.2 Å². The van der Waals surface area contributed by atoms with E-state index in [1.54, 1.807) is 14.2 Å². The smallest absolute Gasteiger partial charge is 0.156 e. The van der Waals surface area contributed by atoms with Crippen LogP contribution in [0.15, 0.2) is 12.1 Å². The van der Waals surface area contributed by atoms with Gasteiger partial charge in [0.05, 0.1) is 11.3 Å². The Bertz CT molecular complexity index is 699. The van der Waals surface area contributed by atoms with Crippen molar-refractivity contribution in [2.24, 2.45) is 0 Å². The lowest BCUT2D eigenvalue weighted by Crippen LogP contribution is -2.36. The lowest BCUT2D eigenvalue weighted by molar-refractivity contribution is -0.0964. The van der Waals surface area contributed by atoms with E-state index in [4.69, 9.17) is 9.47 Å². The topological polar surface area (TPSA) is 56.3 Å². The number of nitrogens with one attached hydrogen (secondary N) is 1. The Morgan fingerprint density at radius 2 is 1.95 bits per heavy atom. The molecule has 118 valence electrons. The van der Waals surface area contributed by atoms with Gasteiger partial charge in [0.1, 0.15) is 5.82 Å². The number of aryl methyl sites for hydroxylation is 1. The quantitative estimate of drug-likeness (QED) is 0.945. The number of hydrogen-bond acceptors (Lipinski definition) is 5. The second-order valence-electron chi connectivity index (χ2n) is 5.57. The first-order valence-electron chi connectivity index (χ1n) is 7.39. The standard InChI is InChI=1S/C16H20FN3O2/c1-10-11-9-14(17)13(8-12(11)15(18-2)20-19-10)16(21-3)4-6-22-7-5-16/h8-9H,4-7H2,1-3H3,(H,18,20). The predicted molar refractivity (Wildman–Crippen MR) is 82.5 cm³/mol. The molecule has 0 aliphatic carbocycles. The van der Waals surface area contributed by atoms with Crippen LogP contribution in [0.3, 0.4) is 0 Å². The Balaban J connectivity index is 2.23. The minimum Gasteiger partial charge on any atom is -0.381 e. The van der Waals surface area contributed by atoms with Crippen LogP contribution in [0.2, 0.25) is 0 Å². The number of ether oxygens (including phenoxy) is 2. The molecule has 0 saturated carbocycles. The molecule has 2 aromatic rings. The molecule has 1 saturated heterocycles. The predicted octanol–water partition coefficient (Wildman–Crippen LogP) is 2.77. The van der Waals surface area contributed by atoms with Gasteiger partial charge in [0.2, 0.25) is 0 Å². The molecule has 1 fully saturated rings. The van der Waals surface area contributed by atoms with Crippen LogP contribution >= 0.6 is 0 Å². The van der Waals surface area contributed by atoms with Gasteiger partial charge in [-0.1, -0.05) is 0 Å². The number of fused-ring (bicyclic) bond motifs is 1. The van der Waals surface area contributed by atoms with Crippen LogP contribution in [0, 0.1) is 12.7 Å². The average molecular weight is 305 g/mol. The number of benzene rings is 1. The molecular formula is C16H20FN3O2. The molecule has 1 aromatic carbocycles. The van der Waals surface area contributed by atoms with E-state index >= 15 is 0 Å². The molecule has 22 heavy (non-hydrogen) atoms. The van der Waals surface area contributed by atoms with Crippen LogP contribution in [0.5, 0.6) is 0 Å². The number of halogens is 1. The second kappa shape index (κ2) is 5.78. The van der Waals surface area contributed by atoms with Gasteiger partial charge in [-0.2, -0.15) is 5.10 Å². The maximum atomic E-state index is 14.8. The number of aromatic nitrogens is 2. The van der Waals surface area contributed by atoms with Crippen molar-refractivity contribution >= 4 is 16.6 Å². The molecule has 5 nitrogen and oxygen atoms in total. The SMILES string of the molecule is CNc1nnc(C)c2cc(F)c(C3(OC)CCOCC3)cc12. The summed E-state index contributed by atoms with van der Waals surface area (Å²) in [5.41, 5.74) is 0.631. The summed E-state index contributed by atoms with van der Waals surface area (Å²) >= 11 is 0. The van der Waals surface area contributed by atoms with Crippen molar-refractivity contribution < 1.29 is 13.9 Å². The van der Waals surface area contributed by atoms with E-state index in [0.717, 1.165) is 10.8 Å². The van der Waals surface area contributed by atoms with E-state index in [0.29, 0.717) is 43.1 Å². The molecule has 0 atom stereocenters. The van der Waals surface area contributed by atoms with E-state index in [2.05, 4.69) is 15.5 Å². The maximum Gasteiger partial charge on any atom is 0.156 e. The molecule has 1 N–H and O–H groups in total. The van der Waals surface area contributed by atoms with Gasteiger partial charge in [0, 0.05) is 56.5 Å². The fourth-order valence-corrected chi connectivity index (χ4v) is 3.12. The Morgan fingerprint density at radius 1 is 1.23 bits per heavy atom. The molecule has 3 rings (SSSR count).